The van der Waals surface area contributed by atoms with E-state index < -0.39 is 0 Å². The molecule has 0 amide bonds. The Bertz CT molecular complexity index is 266. The Hall–Kier alpha value is -1.02. The summed E-state index contributed by atoms with van der Waals surface area (Å²) in [6, 6.07) is 8.35. The third kappa shape index (κ3) is 3.04. The molecule has 14 heavy (non-hydrogen) atoms. The second-order valence-corrected chi connectivity index (χ2v) is 4.04. The predicted molar refractivity (Wildman–Crippen MR) is 60.5 cm³/mol. The van der Waals surface area contributed by atoms with Gasteiger partial charge >= 0.3 is 0 Å². The van der Waals surface area contributed by atoms with Crippen LogP contribution in [0, 0.1) is 12.8 Å². The first-order valence-electron chi connectivity index (χ1n) is 5.07. The largest absolute Gasteiger partial charge is 0.394 e. The first-order chi connectivity index (χ1) is 6.63. The van der Waals surface area contributed by atoms with Gasteiger partial charge in [0.1, 0.15) is 0 Å². The van der Waals surface area contributed by atoms with Crippen LogP contribution in [0.25, 0.3) is 0 Å². The molecule has 0 aliphatic carbocycles. The smallest absolute Gasteiger partial charge is 0.0635 e. The normalized spacial score (nSPS) is 12.9. The van der Waals surface area contributed by atoms with E-state index >= 15 is 0 Å². The second-order valence-electron chi connectivity index (χ2n) is 4.04. The Kier molecular flexibility index (Phi) is 3.96. The minimum absolute atomic E-state index is 0.137. The lowest BCUT2D eigenvalue weighted by Gasteiger charge is -2.21. The standard InChI is InChI=1S/C12H19NO/c1-9(2)12(8-14)13-11-6-4-10(3)5-7-11/h4-7,9,12-14H,8H2,1-3H3. The minimum atomic E-state index is 0.137. The number of rotatable bonds is 4. The fourth-order valence-corrected chi connectivity index (χ4v) is 1.29. The van der Waals surface area contributed by atoms with Crippen molar-refractivity contribution in [1.82, 2.24) is 0 Å². The number of nitrogens with one attached hydrogen (secondary N) is 1. The summed E-state index contributed by atoms with van der Waals surface area (Å²) in [5, 5.41) is 12.5. The molecule has 1 unspecified atom stereocenters. The van der Waals surface area contributed by atoms with E-state index in [4.69, 9.17) is 5.11 Å². The summed E-state index contributed by atoms with van der Waals surface area (Å²) in [5.41, 5.74) is 2.32. The Morgan fingerprint density at radius 1 is 1.21 bits per heavy atom. The SMILES string of the molecule is Cc1ccc(NC(CO)C(C)C)cc1. The third-order valence-corrected chi connectivity index (χ3v) is 2.41. The molecule has 0 aliphatic rings. The lowest BCUT2D eigenvalue weighted by molar-refractivity contribution is 0.249. The van der Waals surface area contributed by atoms with Gasteiger partial charge in [0.2, 0.25) is 0 Å². The molecule has 1 atom stereocenters. The van der Waals surface area contributed by atoms with E-state index in [1.54, 1.807) is 0 Å². The van der Waals surface area contributed by atoms with Crippen LogP contribution in [0.4, 0.5) is 5.69 Å². The molecule has 0 saturated carbocycles. The highest BCUT2D eigenvalue weighted by Crippen LogP contribution is 2.13. The molecule has 2 heteroatoms. The molecule has 1 aromatic carbocycles. The van der Waals surface area contributed by atoms with Crippen molar-refractivity contribution in [3.63, 3.8) is 0 Å². The molecule has 1 rings (SSSR count). The van der Waals surface area contributed by atoms with Gasteiger partial charge in [-0.05, 0) is 25.0 Å². The summed E-state index contributed by atoms with van der Waals surface area (Å²) >= 11 is 0. The van der Waals surface area contributed by atoms with Gasteiger partial charge in [-0.1, -0.05) is 31.5 Å². The summed E-state index contributed by atoms with van der Waals surface area (Å²) in [6.07, 6.45) is 0. The van der Waals surface area contributed by atoms with Crippen LogP contribution < -0.4 is 5.32 Å². The van der Waals surface area contributed by atoms with Crippen LogP contribution in [0.3, 0.4) is 0 Å². The highest BCUT2D eigenvalue weighted by atomic mass is 16.3. The molecule has 0 radical (unpaired) electrons. The van der Waals surface area contributed by atoms with Crippen LogP contribution in [0.2, 0.25) is 0 Å². The van der Waals surface area contributed by atoms with Crippen LogP contribution in [0.15, 0.2) is 24.3 Å². The van der Waals surface area contributed by atoms with Gasteiger partial charge in [-0.25, -0.2) is 0 Å². The van der Waals surface area contributed by atoms with Gasteiger partial charge < -0.3 is 10.4 Å². The molecule has 0 aliphatic heterocycles. The zero-order valence-electron chi connectivity index (χ0n) is 9.12. The Morgan fingerprint density at radius 3 is 2.21 bits per heavy atom. The van der Waals surface area contributed by atoms with Crippen molar-refractivity contribution in [2.45, 2.75) is 26.8 Å². The molecule has 0 bridgehead atoms. The molecule has 1 aromatic rings. The van der Waals surface area contributed by atoms with Crippen LogP contribution in [-0.4, -0.2) is 17.8 Å². The number of aliphatic hydroxyl groups excluding tert-OH is 1. The monoisotopic (exact) mass is 193 g/mol. The van der Waals surface area contributed by atoms with Crippen molar-refractivity contribution < 1.29 is 5.11 Å². The highest BCUT2D eigenvalue weighted by molar-refractivity contribution is 5.45. The maximum absolute atomic E-state index is 9.15. The average Bonchev–Trinajstić information content (AvgIpc) is 2.16. The Labute approximate surface area is 86.0 Å². The van der Waals surface area contributed by atoms with Crippen molar-refractivity contribution in [2.75, 3.05) is 11.9 Å². The van der Waals surface area contributed by atoms with E-state index in [1.165, 1.54) is 5.56 Å². The van der Waals surface area contributed by atoms with Gasteiger partial charge in [0.05, 0.1) is 12.6 Å². The zero-order chi connectivity index (χ0) is 10.6. The zero-order valence-corrected chi connectivity index (χ0v) is 9.12. The van der Waals surface area contributed by atoms with Gasteiger partial charge in [0.25, 0.3) is 0 Å². The summed E-state index contributed by atoms with van der Waals surface area (Å²) in [5.74, 6) is 0.432. The summed E-state index contributed by atoms with van der Waals surface area (Å²) in [7, 11) is 0. The number of hydrogen-bond acceptors (Lipinski definition) is 2. The number of hydrogen-bond donors (Lipinski definition) is 2. The van der Waals surface area contributed by atoms with Crippen molar-refractivity contribution in [3.05, 3.63) is 29.8 Å². The quantitative estimate of drug-likeness (QED) is 0.769. The second kappa shape index (κ2) is 5.01. The number of anilines is 1. The third-order valence-electron chi connectivity index (χ3n) is 2.41. The summed E-state index contributed by atoms with van der Waals surface area (Å²) in [4.78, 5) is 0. The fraction of sp³-hybridized carbons (Fsp3) is 0.500. The Balaban J connectivity index is 2.63. The highest BCUT2D eigenvalue weighted by Gasteiger charge is 2.10. The average molecular weight is 193 g/mol. The maximum atomic E-state index is 9.15. The molecular formula is C12H19NO. The van der Waals surface area contributed by atoms with Gasteiger partial charge in [-0.15, -0.1) is 0 Å². The van der Waals surface area contributed by atoms with Crippen LogP contribution in [0.5, 0.6) is 0 Å². The van der Waals surface area contributed by atoms with Crippen molar-refractivity contribution in [3.8, 4) is 0 Å². The molecule has 0 saturated heterocycles. The maximum Gasteiger partial charge on any atom is 0.0635 e. The molecule has 0 fully saturated rings. The van der Waals surface area contributed by atoms with E-state index in [1.807, 2.05) is 12.1 Å². The molecule has 0 heterocycles. The van der Waals surface area contributed by atoms with Gasteiger partial charge in [-0.3, -0.25) is 0 Å². The van der Waals surface area contributed by atoms with E-state index in [0.29, 0.717) is 5.92 Å². The van der Waals surface area contributed by atoms with E-state index in [-0.39, 0.29) is 12.6 Å². The Morgan fingerprint density at radius 2 is 1.79 bits per heavy atom. The number of benzene rings is 1. The fourth-order valence-electron chi connectivity index (χ4n) is 1.29. The lowest BCUT2D eigenvalue weighted by atomic mass is 10.1. The van der Waals surface area contributed by atoms with E-state index in [2.05, 4.69) is 38.2 Å². The van der Waals surface area contributed by atoms with Crippen molar-refractivity contribution in [1.29, 1.82) is 0 Å². The van der Waals surface area contributed by atoms with Crippen molar-refractivity contribution >= 4 is 5.69 Å². The topological polar surface area (TPSA) is 32.3 Å². The minimum Gasteiger partial charge on any atom is -0.394 e. The molecule has 0 spiro atoms. The van der Waals surface area contributed by atoms with E-state index in [9.17, 15) is 0 Å². The van der Waals surface area contributed by atoms with Gasteiger partial charge in [-0.2, -0.15) is 0 Å². The van der Waals surface area contributed by atoms with Crippen molar-refractivity contribution in [2.24, 2.45) is 5.92 Å². The lowest BCUT2D eigenvalue weighted by Crippen LogP contribution is -2.29. The van der Waals surface area contributed by atoms with Crippen LogP contribution in [-0.2, 0) is 0 Å². The predicted octanol–water partition coefficient (Wildman–Crippen LogP) is 2.42. The summed E-state index contributed by atoms with van der Waals surface area (Å²) < 4.78 is 0. The summed E-state index contributed by atoms with van der Waals surface area (Å²) in [6.45, 7) is 6.44. The van der Waals surface area contributed by atoms with E-state index in [0.717, 1.165) is 5.69 Å². The molecule has 2 nitrogen and oxygen atoms in total. The van der Waals surface area contributed by atoms with Gasteiger partial charge in [0.15, 0.2) is 0 Å². The molecule has 0 aromatic heterocycles. The molecule has 2 N–H and O–H groups in total. The first-order valence-corrected chi connectivity index (χ1v) is 5.07. The number of aryl methyl sites for hydroxylation is 1. The first kappa shape index (κ1) is 11.1. The van der Waals surface area contributed by atoms with Crippen LogP contribution >= 0.6 is 0 Å². The van der Waals surface area contributed by atoms with Gasteiger partial charge in [0, 0.05) is 5.69 Å². The van der Waals surface area contributed by atoms with Crippen LogP contribution in [0.1, 0.15) is 19.4 Å². The molecular weight excluding hydrogens is 174 g/mol. The number of aliphatic hydroxyl groups is 1. The molecule has 78 valence electrons.